The van der Waals surface area contributed by atoms with Gasteiger partial charge in [0.25, 0.3) is 0 Å². The smallest absolute Gasteiger partial charge is 0.0913 e. The molecule has 0 radical (unpaired) electrons. The summed E-state index contributed by atoms with van der Waals surface area (Å²) >= 11 is 0. The number of hydrogen-bond acceptors (Lipinski definition) is 2. The van der Waals surface area contributed by atoms with Crippen LogP contribution in [0.4, 0.5) is 0 Å². The van der Waals surface area contributed by atoms with Crippen LogP contribution in [0.25, 0.3) is 5.52 Å². The Hall–Kier alpha value is -1.38. The normalized spacial score (nSPS) is 12.3. The molecule has 0 saturated carbocycles. The van der Waals surface area contributed by atoms with Crippen molar-refractivity contribution in [2.75, 3.05) is 0 Å². The molecule has 0 saturated heterocycles. The molecule has 0 bridgehead atoms. The fourth-order valence-electron chi connectivity index (χ4n) is 1.93. The summed E-state index contributed by atoms with van der Waals surface area (Å²) in [7, 11) is 0. The Kier molecular flexibility index (Phi) is 1.84. The standard InChI is InChI=1S/C11H15N3/c1-8-10(11(2,3)4)9-6-5-7-12-14(9)13-8/h5-7H,1-4H3. The first kappa shape index (κ1) is 9.19. The van der Waals surface area contributed by atoms with Gasteiger partial charge in [-0.1, -0.05) is 20.8 Å². The van der Waals surface area contributed by atoms with Crippen molar-refractivity contribution in [2.24, 2.45) is 0 Å². The van der Waals surface area contributed by atoms with Gasteiger partial charge in [0.1, 0.15) is 0 Å². The summed E-state index contributed by atoms with van der Waals surface area (Å²) in [5.74, 6) is 0. The highest BCUT2D eigenvalue weighted by atomic mass is 15.4. The highest BCUT2D eigenvalue weighted by Gasteiger charge is 2.22. The summed E-state index contributed by atoms with van der Waals surface area (Å²) in [6, 6.07) is 4.01. The van der Waals surface area contributed by atoms with Gasteiger partial charge in [-0.25, -0.2) is 0 Å². The first-order valence-corrected chi connectivity index (χ1v) is 4.81. The zero-order chi connectivity index (χ0) is 10.3. The number of aromatic nitrogens is 3. The van der Waals surface area contributed by atoms with Gasteiger partial charge in [-0.3, -0.25) is 0 Å². The molecule has 3 nitrogen and oxygen atoms in total. The lowest BCUT2D eigenvalue weighted by molar-refractivity contribution is 0.591. The van der Waals surface area contributed by atoms with Gasteiger partial charge < -0.3 is 0 Å². The Bertz CT molecular complexity index is 463. The zero-order valence-corrected chi connectivity index (χ0v) is 9.07. The predicted molar refractivity (Wildman–Crippen MR) is 56.4 cm³/mol. The maximum absolute atomic E-state index is 4.39. The third-order valence-electron chi connectivity index (χ3n) is 2.34. The van der Waals surface area contributed by atoms with E-state index in [1.54, 1.807) is 10.8 Å². The summed E-state index contributed by atoms with van der Waals surface area (Å²) in [6.45, 7) is 8.63. The monoisotopic (exact) mass is 189 g/mol. The van der Waals surface area contributed by atoms with Crippen LogP contribution in [-0.2, 0) is 5.41 Å². The van der Waals surface area contributed by atoms with Crippen molar-refractivity contribution in [1.82, 2.24) is 14.8 Å². The molecule has 0 aromatic carbocycles. The summed E-state index contributed by atoms with van der Waals surface area (Å²) in [5.41, 5.74) is 3.58. The first-order valence-electron chi connectivity index (χ1n) is 4.81. The molecule has 0 fully saturated rings. The van der Waals surface area contributed by atoms with Crippen molar-refractivity contribution in [3.8, 4) is 0 Å². The second-order valence-corrected chi connectivity index (χ2v) is 4.61. The molecule has 0 aliphatic heterocycles. The summed E-state index contributed by atoms with van der Waals surface area (Å²) in [5, 5.41) is 8.57. The van der Waals surface area contributed by atoms with Crippen LogP contribution in [0.1, 0.15) is 32.0 Å². The van der Waals surface area contributed by atoms with Gasteiger partial charge in [-0.05, 0) is 24.5 Å². The SMILES string of the molecule is Cc1nn2ncccc2c1C(C)(C)C. The first-order chi connectivity index (χ1) is 6.50. The van der Waals surface area contributed by atoms with Crippen LogP contribution < -0.4 is 0 Å². The Morgan fingerprint density at radius 1 is 1.29 bits per heavy atom. The largest absolute Gasteiger partial charge is 0.159 e. The van der Waals surface area contributed by atoms with Gasteiger partial charge in [-0.2, -0.15) is 14.8 Å². The Morgan fingerprint density at radius 2 is 2.00 bits per heavy atom. The number of fused-ring (bicyclic) bond motifs is 1. The fraction of sp³-hybridized carbons (Fsp3) is 0.455. The van der Waals surface area contributed by atoms with Gasteiger partial charge in [0.15, 0.2) is 0 Å². The van der Waals surface area contributed by atoms with Crippen molar-refractivity contribution in [1.29, 1.82) is 0 Å². The van der Waals surface area contributed by atoms with E-state index in [1.807, 2.05) is 13.0 Å². The van der Waals surface area contributed by atoms with Crippen molar-refractivity contribution in [3.05, 3.63) is 29.6 Å². The van der Waals surface area contributed by atoms with Crippen molar-refractivity contribution in [2.45, 2.75) is 33.1 Å². The minimum absolute atomic E-state index is 0.120. The molecule has 2 heterocycles. The molecule has 0 aliphatic carbocycles. The Balaban J connectivity index is 2.81. The molecule has 14 heavy (non-hydrogen) atoms. The van der Waals surface area contributed by atoms with Crippen LogP contribution in [0.3, 0.4) is 0 Å². The van der Waals surface area contributed by atoms with E-state index in [-0.39, 0.29) is 5.41 Å². The molecule has 0 aliphatic rings. The second-order valence-electron chi connectivity index (χ2n) is 4.61. The van der Waals surface area contributed by atoms with Crippen LogP contribution in [0.15, 0.2) is 18.3 Å². The van der Waals surface area contributed by atoms with E-state index in [0.717, 1.165) is 11.2 Å². The topological polar surface area (TPSA) is 30.2 Å². The second kappa shape index (κ2) is 2.80. The van der Waals surface area contributed by atoms with Crippen LogP contribution in [0.2, 0.25) is 0 Å². The Morgan fingerprint density at radius 3 is 2.64 bits per heavy atom. The molecule has 3 heteroatoms. The highest BCUT2D eigenvalue weighted by Crippen LogP contribution is 2.28. The van der Waals surface area contributed by atoms with Gasteiger partial charge >= 0.3 is 0 Å². The summed E-state index contributed by atoms with van der Waals surface area (Å²) in [6.07, 6.45) is 1.76. The molecular weight excluding hydrogens is 174 g/mol. The molecule has 2 aromatic rings. The minimum atomic E-state index is 0.120. The lowest BCUT2D eigenvalue weighted by atomic mass is 9.86. The maximum atomic E-state index is 4.39. The van der Waals surface area contributed by atoms with Crippen LogP contribution in [0.5, 0.6) is 0 Å². The van der Waals surface area contributed by atoms with E-state index in [0.29, 0.717) is 0 Å². The average molecular weight is 189 g/mol. The molecule has 2 rings (SSSR count). The molecule has 0 N–H and O–H groups in total. The summed E-state index contributed by atoms with van der Waals surface area (Å²) in [4.78, 5) is 0. The van der Waals surface area contributed by atoms with E-state index >= 15 is 0 Å². The van der Waals surface area contributed by atoms with E-state index in [1.165, 1.54) is 5.56 Å². The van der Waals surface area contributed by atoms with Crippen molar-refractivity contribution >= 4 is 5.52 Å². The van der Waals surface area contributed by atoms with Crippen molar-refractivity contribution < 1.29 is 0 Å². The Labute approximate surface area is 83.8 Å². The van der Waals surface area contributed by atoms with E-state index < -0.39 is 0 Å². The number of nitrogens with zero attached hydrogens (tertiary/aromatic N) is 3. The van der Waals surface area contributed by atoms with Gasteiger partial charge in [0.05, 0.1) is 11.2 Å². The number of rotatable bonds is 0. The van der Waals surface area contributed by atoms with Gasteiger partial charge in [-0.15, -0.1) is 0 Å². The van der Waals surface area contributed by atoms with Gasteiger partial charge in [0.2, 0.25) is 0 Å². The predicted octanol–water partition coefficient (Wildman–Crippen LogP) is 2.34. The third kappa shape index (κ3) is 1.29. The fourth-order valence-corrected chi connectivity index (χ4v) is 1.93. The number of hydrogen-bond donors (Lipinski definition) is 0. The van der Waals surface area contributed by atoms with E-state index in [4.69, 9.17) is 0 Å². The molecule has 2 aromatic heterocycles. The lowest BCUT2D eigenvalue weighted by Crippen LogP contribution is -2.12. The van der Waals surface area contributed by atoms with E-state index in [9.17, 15) is 0 Å². The van der Waals surface area contributed by atoms with E-state index in [2.05, 4.69) is 37.0 Å². The molecule has 0 spiro atoms. The van der Waals surface area contributed by atoms with Crippen LogP contribution >= 0.6 is 0 Å². The highest BCUT2D eigenvalue weighted by molar-refractivity contribution is 5.58. The molecule has 0 amide bonds. The molecular formula is C11H15N3. The summed E-state index contributed by atoms with van der Waals surface area (Å²) < 4.78 is 1.70. The molecule has 74 valence electrons. The molecule has 0 atom stereocenters. The number of aryl methyl sites for hydroxylation is 1. The lowest BCUT2D eigenvalue weighted by Gasteiger charge is -2.17. The average Bonchev–Trinajstić information content (AvgIpc) is 2.38. The molecule has 0 unspecified atom stereocenters. The maximum Gasteiger partial charge on any atom is 0.0913 e. The van der Waals surface area contributed by atoms with Crippen LogP contribution in [-0.4, -0.2) is 14.8 Å². The van der Waals surface area contributed by atoms with Crippen molar-refractivity contribution in [3.63, 3.8) is 0 Å². The quantitative estimate of drug-likeness (QED) is 0.636. The van der Waals surface area contributed by atoms with Gasteiger partial charge in [0, 0.05) is 11.8 Å². The van der Waals surface area contributed by atoms with Crippen LogP contribution in [0, 0.1) is 6.92 Å². The zero-order valence-electron chi connectivity index (χ0n) is 9.07. The third-order valence-corrected chi connectivity index (χ3v) is 2.34. The minimum Gasteiger partial charge on any atom is -0.159 e.